The third-order valence-corrected chi connectivity index (χ3v) is 2.65. The lowest BCUT2D eigenvalue weighted by Gasteiger charge is -2.15. The molecule has 20 heavy (non-hydrogen) atoms. The van der Waals surface area contributed by atoms with E-state index in [1.54, 1.807) is 12.1 Å². The fourth-order valence-corrected chi connectivity index (χ4v) is 1.62. The molecule has 0 unspecified atom stereocenters. The molecule has 0 aliphatic rings. The first-order valence-electron chi connectivity index (χ1n) is 6.11. The van der Waals surface area contributed by atoms with Crippen molar-refractivity contribution in [2.75, 3.05) is 20.8 Å². The van der Waals surface area contributed by atoms with Gasteiger partial charge in [0.2, 0.25) is 5.75 Å². The molecule has 0 fully saturated rings. The van der Waals surface area contributed by atoms with Gasteiger partial charge in [0.25, 0.3) is 0 Å². The average Bonchev–Trinajstić information content (AvgIpc) is 2.42. The lowest BCUT2D eigenvalue weighted by molar-refractivity contribution is -0.137. The molecule has 6 nitrogen and oxygen atoms in total. The number of ether oxygens (including phenoxy) is 3. The number of carbonyl (C=O) groups is 2. The monoisotopic (exact) mass is 282 g/mol. The molecule has 0 saturated heterocycles. The maximum absolute atomic E-state index is 11.4. The highest BCUT2D eigenvalue weighted by Gasteiger charge is 2.16. The summed E-state index contributed by atoms with van der Waals surface area (Å²) in [7, 11) is 2.92. The van der Waals surface area contributed by atoms with Gasteiger partial charge in [-0.15, -0.1) is 0 Å². The lowest BCUT2D eigenvalue weighted by atomic mass is 10.1. The number of carboxylic acid groups (broad SMARTS) is 1. The summed E-state index contributed by atoms with van der Waals surface area (Å²) in [4.78, 5) is 21.8. The van der Waals surface area contributed by atoms with Gasteiger partial charge in [0.05, 0.1) is 20.8 Å². The summed E-state index contributed by atoms with van der Waals surface area (Å²) in [5.41, 5.74) is 0.455. The van der Waals surface area contributed by atoms with E-state index in [4.69, 9.17) is 19.3 Å². The van der Waals surface area contributed by atoms with Crippen LogP contribution in [-0.4, -0.2) is 37.7 Å². The Labute approximate surface area is 117 Å². The topological polar surface area (TPSA) is 82.1 Å². The average molecular weight is 282 g/mol. The second kappa shape index (κ2) is 7.37. The molecule has 0 heterocycles. The molecule has 0 aliphatic carbocycles. The fraction of sp³-hybridized carbons (Fsp3) is 0.429. The van der Waals surface area contributed by atoms with Gasteiger partial charge in [0, 0.05) is 12.0 Å². The minimum Gasteiger partial charge on any atom is -0.493 e. The standard InChI is InChI=1S/C14H18O6/c1-9(15)10-7-11(18-2)14(12(8-10)19-3)20-6-4-5-13(16)17/h7-8H,4-6H2,1-3H3,(H,16,17). The van der Waals surface area contributed by atoms with Crippen molar-refractivity contribution < 1.29 is 28.9 Å². The molecule has 110 valence electrons. The molecule has 0 bridgehead atoms. The smallest absolute Gasteiger partial charge is 0.303 e. The number of rotatable bonds is 8. The van der Waals surface area contributed by atoms with Crippen molar-refractivity contribution in [3.8, 4) is 17.2 Å². The van der Waals surface area contributed by atoms with Crippen LogP contribution < -0.4 is 14.2 Å². The van der Waals surface area contributed by atoms with Gasteiger partial charge < -0.3 is 19.3 Å². The minimum absolute atomic E-state index is 0.0240. The highest BCUT2D eigenvalue weighted by atomic mass is 16.5. The SMILES string of the molecule is COc1cc(C(C)=O)cc(OC)c1OCCCC(=O)O. The van der Waals surface area contributed by atoms with Crippen LogP contribution in [0, 0.1) is 0 Å². The minimum atomic E-state index is -0.876. The third kappa shape index (κ3) is 4.15. The zero-order valence-corrected chi connectivity index (χ0v) is 11.8. The highest BCUT2D eigenvalue weighted by molar-refractivity contribution is 5.95. The Hall–Kier alpha value is -2.24. The third-order valence-electron chi connectivity index (χ3n) is 2.65. The molecule has 0 atom stereocenters. The van der Waals surface area contributed by atoms with Crippen LogP contribution in [0.4, 0.5) is 0 Å². The number of hydrogen-bond acceptors (Lipinski definition) is 5. The van der Waals surface area contributed by atoms with Crippen molar-refractivity contribution in [3.05, 3.63) is 17.7 Å². The van der Waals surface area contributed by atoms with Crippen LogP contribution in [0.15, 0.2) is 12.1 Å². The predicted octanol–water partition coefficient (Wildman–Crippen LogP) is 2.15. The summed E-state index contributed by atoms with van der Waals surface area (Å²) in [6.45, 7) is 1.67. The number of aliphatic carboxylic acids is 1. The molecule has 0 aromatic heterocycles. The van der Waals surface area contributed by atoms with Crippen LogP contribution in [-0.2, 0) is 4.79 Å². The Morgan fingerprint density at radius 2 is 1.70 bits per heavy atom. The molecule has 1 aromatic carbocycles. The van der Waals surface area contributed by atoms with Gasteiger partial charge in [-0.3, -0.25) is 9.59 Å². The number of methoxy groups -OCH3 is 2. The number of benzene rings is 1. The molecule has 0 amide bonds. The van der Waals surface area contributed by atoms with Gasteiger partial charge in [-0.05, 0) is 25.5 Å². The van der Waals surface area contributed by atoms with E-state index in [0.717, 1.165) is 0 Å². The molecule has 0 spiro atoms. The van der Waals surface area contributed by atoms with Crippen LogP contribution in [0.3, 0.4) is 0 Å². The van der Waals surface area contributed by atoms with Gasteiger partial charge in [-0.1, -0.05) is 0 Å². The first kappa shape index (κ1) is 15.8. The summed E-state index contributed by atoms with van der Waals surface area (Å²) in [6, 6.07) is 3.13. The number of Topliss-reactive ketones (excluding diaryl/α,β-unsaturated/α-hetero) is 1. The van der Waals surface area contributed by atoms with Gasteiger partial charge in [-0.25, -0.2) is 0 Å². The van der Waals surface area contributed by atoms with Crippen LogP contribution in [0.2, 0.25) is 0 Å². The Morgan fingerprint density at radius 3 is 2.10 bits per heavy atom. The van der Waals surface area contributed by atoms with E-state index >= 15 is 0 Å². The van der Waals surface area contributed by atoms with E-state index in [-0.39, 0.29) is 18.8 Å². The second-order valence-electron chi connectivity index (χ2n) is 4.11. The Bertz CT molecular complexity index is 469. The normalized spacial score (nSPS) is 9.95. The molecule has 0 aliphatic heterocycles. The summed E-state index contributed by atoms with van der Waals surface area (Å²) in [5.74, 6) is 0.138. The number of ketones is 1. The van der Waals surface area contributed by atoms with Gasteiger partial charge in [0.1, 0.15) is 0 Å². The summed E-state index contributed by atoms with van der Waals surface area (Å²) in [5, 5.41) is 8.57. The van der Waals surface area contributed by atoms with Gasteiger partial charge in [-0.2, -0.15) is 0 Å². The summed E-state index contributed by atoms with van der Waals surface area (Å²) < 4.78 is 15.9. The zero-order valence-electron chi connectivity index (χ0n) is 11.8. The van der Waals surface area contributed by atoms with E-state index in [0.29, 0.717) is 29.2 Å². The van der Waals surface area contributed by atoms with Crippen LogP contribution in [0.25, 0.3) is 0 Å². The number of carboxylic acids is 1. The zero-order chi connectivity index (χ0) is 15.1. The van der Waals surface area contributed by atoms with Crippen molar-refractivity contribution in [1.29, 1.82) is 0 Å². The Morgan fingerprint density at radius 1 is 1.15 bits per heavy atom. The van der Waals surface area contributed by atoms with Crippen LogP contribution >= 0.6 is 0 Å². The molecule has 1 aromatic rings. The Balaban J connectivity index is 2.92. The maximum atomic E-state index is 11.4. The molecule has 0 saturated carbocycles. The molecular weight excluding hydrogens is 264 g/mol. The van der Waals surface area contributed by atoms with E-state index in [2.05, 4.69) is 0 Å². The quantitative estimate of drug-likeness (QED) is 0.581. The van der Waals surface area contributed by atoms with E-state index in [1.807, 2.05) is 0 Å². The van der Waals surface area contributed by atoms with Crippen molar-refractivity contribution in [3.63, 3.8) is 0 Å². The van der Waals surface area contributed by atoms with Gasteiger partial charge >= 0.3 is 5.97 Å². The maximum Gasteiger partial charge on any atom is 0.303 e. The molecular formula is C14H18O6. The number of carbonyl (C=O) groups excluding carboxylic acids is 1. The van der Waals surface area contributed by atoms with E-state index in [9.17, 15) is 9.59 Å². The molecule has 1 rings (SSSR count). The fourth-order valence-electron chi connectivity index (χ4n) is 1.62. The number of hydrogen-bond donors (Lipinski definition) is 1. The molecule has 6 heteroatoms. The largest absolute Gasteiger partial charge is 0.493 e. The van der Waals surface area contributed by atoms with E-state index < -0.39 is 5.97 Å². The summed E-state index contributed by atoms with van der Waals surface area (Å²) >= 11 is 0. The van der Waals surface area contributed by atoms with Crippen molar-refractivity contribution >= 4 is 11.8 Å². The van der Waals surface area contributed by atoms with Crippen LogP contribution in [0.5, 0.6) is 17.2 Å². The first-order valence-corrected chi connectivity index (χ1v) is 6.11. The van der Waals surface area contributed by atoms with Crippen molar-refractivity contribution in [1.82, 2.24) is 0 Å². The second-order valence-corrected chi connectivity index (χ2v) is 4.11. The van der Waals surface area contributed by atoms with Gasteiger partial charge in [0.15, 0.2) is 17.3 Å². The first-order chi connectivity index (χ1) is 9.49. The Kier molecular flexibility index (Phi) is 5.83. The van der Waals surface area contributed by atoms with Crippen molar-refractivity contribution in [2.45, 2.75) is 19.8 Å². The van der Waals surface area contributed by atoms with Crippen LogP contribution in [0.1, 0.15) is 30.1 Å². The highest BCUT2D eigenvalue weighted by Crippen LogP contribution is 2.38. The van der Waals surface area contributed by atoms with Crippen molar-refractivity contribution in [2.24, 2.45) is 0 Å². The van der Waals surface area contributed by atoms with E-state index in [1.165, 1.54) is 21.1 Å². The molecule has 1 N–H and O–H groups in total. The summed E-state index contributed by atoms with van der Waals surface area (Å²) in [6.07, 6.45) is 0.395. The lowest BCUT2D eigenvalue weighted by Crippen LogP contribution is -2.05. The predicted molar refractivity (Wildman–Crippen MR) is 71.9 cm³/mol. The molecule has 0 radical (unpaired) electrons.